The Morgan fingerprint density at radius 2 is 2.14 bits per heavy atom. The summed E-state index contributed by atoms with van der Waals surface area (Å²) in [6.07, 6.45) is 0. The first-order valence-corrected chi connectivity index (χ1v) is 5.65. The van der Waals surface area contributed by atoms with Crippen LogP contribution in [0.2, 0.25) is 0 Å². The number of rotatable bonds is 2. The first-order chi connectivity index (χ1) is 6.83. The Hall–Kier alpha value is -1.00. The van der Waals surface area contributed by atoms with E-state index in [2.05, 4.69) is 17.6 Å². The zero-order chi connectivity index (χ0) is 9.97. The van der Waals surface area contributed by atoms with Gasteiger partial charge in [-0.05, 0) is 12.1 Å². The molecule has 0 saturated heterocycles. The Balaban J connectivity index is 2.54. The van der Waals surface area contributed by atoms with E-state index < -0.39 is 0 Å². The van der Waals surface area contributed by atoms with Gasteiger partial charge in [-0.25, -0.2) is 4.98 Å². The van der Waals surface area contributed by atoms with Crippen LogP contribution in [-0.2, 0) is 5.75 Å². The molecular weight excluding hydrogens is 214 g/mol. The summed E-state index contributed by atoms with van der Waals surface area (Å²) in [6.45, 7) is 0. The minimum atomic E-state index is 0.265. The van der Waals surface area contributed by atoms with Crippen LogP contribution in [0.5, 0.6) is 5.75 Å². The van der Waals surface area contributed by atoms with Crippen molar-refractivity contribution in [1.82, 2.24) is 4.98 Å². The Labute approximate surface area is 91.7 Å². The molecule has 0 radical (unpaired) electrons. The van der Waals surface area contributed by atoms with Crippen LogP contribution in [0.3, 0.4) is 0 Å². The molecule has 0 atom stereocenters. The van der Waals surface area contributed by atoms with E-state index in [1.807, 2.05) is 12.1 Å². The predicted molar refractivity (Wildman–Crippen MR) is 61.9 cm³/mol. The summed E-state index contributed by atoms with van der Waals surface area (Å²) < 4.78 is 0. The lowest BCUT2D eigenvalue weighted by Gasteiger charge is -2.02. The highest BCUT2D eigenvalue weighted by Gasteiger charge is 2.10. The van der Waals surface area contributed by atoms with Gasteiger partial charge in [0, 0.05) is 16.2 Å². The van der Waals surface area contributed by atoms with Gasteiger partial charge in [0.05, 0.1) is 11.2 Å². The molecule has 0 saturated carbocycles. The molecule has 0 aliphatic carbocycles. The monoisotopic (exact) mass is 223 g/mol. The van der Waals surface area contributed by atoms with Crippen molar-refractivity contribution in [1.29, 1.82) is 0 Å². The van der Waals surface area contributed by atoms with E-state index in [0.29, 0.717) is 5.75 Å². The standard InChI is InChI=1S/C10H9NOS2/c12-8-4-2-1-3-7(8)10-9(5-13)14-6-11-10/h1-4,6,12-13H,5H2. The highest BCUT2D eigenvalue weighted by molar-refractivity contribution is 7.79. The number of aromatic hydroxyl groups is 1. The summed E-state index contributed by atoms with van der Waals surface area (Å²) in [7, 11) is 0. The number of hydrogen-bond donors (Lipinski definition) is 2. The number of thiazole rings is 1. The number of hydrogen-bond acceptors (Lipinski definition) is 4. The van der Waals surface area contributed by atoms with Gasteiger partial charge in [-0.15, -0.1) is 11.3 Å². The third-order valence-electron chi connectivity index (χ3n) is 1.94. The van der Waals surface area contributed by atoms with Crippen molar-refractivity contribution in [3.63, 3.8) is 0 Å². The molecule has 2 rings (SSSR count). The zero-order valence-electron chi connectivity index (χ0n) is 7.34. The zero-order valence-corrected chi connectivity index (χ0v) is 9.05. The molecule has 0 unspecified atom stereocenters. The third-order valence-corrected chi connectivity index (χ3v) is 3.31. The Kier molecular flexibility index (Phi) is 2.74. The number of phenolic OH excluding ortho intramolecular Hbond substituents is 1. The molecule has 0 spiro atoms. The topological polar surface area (TPSA) is 33.1 Å². The molecule has 0 fully saturated rings. The van der Waals surface area contributed by atoms with E-state index in [4.69, 9.17) is 0 Å². The van der Waals surface area contributed by atoms with Gasteiger partial charge in [-0.3, -0.25) is 0 Å². The van der Waals surface area contributed by atoms with Crippen LogP contribution in [0.1, 0.15) is 4.88 Å². The molecule has 0 aliphatic heterocycles. The highest BCUT2D eigenvalue weighted by Crippen LogP contribution is 2.32. The van der Waals surface area contributed by atoms with E-state index in [1.54, 1.807) is 29.0 Å². The van der Waals surface area contributed by atoms with Crippen LogP contribution in [0.15, 0.2) is 29.8 Å². The molecule has 72 valence electrons. The van der Waals surface area contributed by atoms with Crippen LogP contribution in [0.4, 0.5) is 0 Å². The summed E-state index contributed by atoms with van der Waals surface area (Å²) >= 11 is 5.77. The van der Waals surface area contributed by atoms with Crippen molar-refractivity contribution < 1.29 is 5.11 Å². The summed E-state index contributed by atoms with van der Waals surface area (Å²) in [5.41, 5.74) is 3.38. The molecule has 1 aromatic carbocycles. The maximum absolute atomic E-state index is 9.64. The van der Waals surface area contributed by atoms with E-state index in [0.717, 1.165) is 16.1 Å². The number of nitrogens with zero attached hydrogens (tertiary/aromatic N) is 1. The van der Waals surface area contributed by atoms with E-state index >= 15 is 0 Å². The van der Waals surface area contributed by atoms with Gasteiger partial charge in [-0.2, -0.15) is 12.6 Å². The second-order valence-corrected chi connectivity index (χ2v) is 4.05. The summed E-state index contributed by atoms with van der Waals surface area (Å²) in [5, 5.41) is 9.64. The fourth-order valence-electron chi connectivity index (χ4n) is 1.28. The summed E-state index contributed by atoms with van der Waals surface area (Å²) in [5.74, 6) is 0.912. The molecule has 2 aromatic rings. The first kappa shape index (κ1) is 9.55. The number of phenols is 1. The molecule has 0 amide bonds. The minimum Gasteiger partial charge on any atom is -0.507 e. The quantitative estimate of drug-likeness (QED) is 0.767. The van der Waals surface area contributed by atoms with Gasteiger partial charge >= 0.3 is 0 Å². The second kappa shape index (κ2) is 4.02. The van der Waals surface area contributed by atoms with Crippen LogP contribution in [-0.4, -0.2) is 10.1 Å². The van der Waals surface area contributed by atoms with Crippen molar-refractivity contribution in [2.45, 2.75) is 5.75 Å². The fraction of sp³-hybridized carbons (Fsp3) is 0.100. The predicted octanol–water partition coefficient (Wildman–Crippen LogP) is 2.95. The molecule has 2 nitrogen and oxygen atoms in total. The fourth-order valence-corrected chi connectivity index (χ4v) is 2.28. The van der Waals surface area contributed by atoms with Gasteiger partial charge in [0.1, 0.15) is 5.75 Å². The molecule has 1 aromatic heterocycles. The molecule has 14 heavy (non-hydrogen) atoms. The van der Waals surface area contributed by atoms with Gasteiger partial charge in [0.2, 0.25) is 0 Å². The van der Waals surface area contributed by atoms with Crippen LogP contribution in [0, 0.1) is 0 Å². The van der Waals surface area contributed by atoms with E-state index in [9.17, 15) is 5.11 Å². The van der Waals surface area contributed by atoms with E-state index in [1.165, 1.54) is 0 Å². The number of thiol groups is 1. The van der Waals surface area contributed by atoms with E-state index in [-0.39, 0.29) is 5.75 Å². The number of aromatic nitrogens is 1. The van der Waals surface area contributed by atoms with Crippen molar-refractivity contribution in [3.8, 4) is 17.0 Å². The molecule has 1 N–H and O–H groups in total. The smallest absolute Gasteiger partial charge is 0.125 e. The van der Waals surface area contributed by atoms with Gasteiger partial charge in [0.25, 0.3) is 0 Å². The van der Waals surface area contributed by atoms with Crippen LogP contribution < -0.4 is 0 Å². The van der Waals surface area contributed by atoms with Crippen molar-refractivity contribution in [2.75, 3.05) is 0 Å². The Morgan fingerprint density at radius 3 is 2.86 bits per heavy atom. The lowest BCUT2D eigenvalue weighted by molar-refractivity contribution is 0.477. The Bertz CT molecular complexity index is 439. The highest BCUT2D eigenvalue weighted by atomic mass is 32.1. The third kappa shape index (κ3) is 1.63. The minimum absolute atomic E-state index is 0.265. The molecule has 0 aliphatic rings. The van der Waals surface area contributed by atoms with Crippen LogP contribution in [0.25, 0.3) is 11.3 Å². The lowest BCUT2D eigenvalue weighted by atomic mass is 10.1. The lowest BCUT2D eigenvalue weighted by Crippen LogP contribution is -1.82. The average Bonchev–Trinajstić information content (AvgIpc) is 2.66. The van der Waals surface area contributed by atoms with Crippen molar-refractivity contribution in [3.05, 3.63) is 34.7 Å². The molecule has 1 heterocycles. The van der Waals surface area contributed by atoms with Gasteiger partial charge < -0.3 is 5.11 Å². The number of para-hydroxylation sites is 1. The van der Waals surface area contributed by atoms with Crippen molar-refractivity contribution >= 4 is 24.0 Å². The van der Waals surface area contributed by atoms with Crippen LogP contribution >= 0.6 is 24.0 Å². The first-order valence-electron chi connectivity index (χ1n) is 4.14. The van der Waals surface area contributed by atoms with Gasteiger partial charge in [-0.1, -0.05) is 12.1 Å². The SMILES string of the molecule is Oc1ccccc1-c1ncsc1CS. The summed E-state index contributed by atoms with van der Waals surface area (Å²) in [6, 6.07) is 7.20. The normalized spacial score (nSPS) is 10.4. The maximum Gasteiger partial charge on any atom is 0.125 e. The molecular formula is C10H9NOS2. The Morgan fingerprint density at radius 1 is 1.36 bits per heavy atom. The number of benzene rings is 1. The largest absolute Gasteiger partial charge is 0.507 e. The average molecular weight is 223 g/mol. The molecule has 0 bridgehead atoms. The van der Waals surface area contributed by atoms with Gasteiger partial charge in [0.15, 0.2) is 0 Å². The second-order valence-electron chi connectivity index (χ2n) is 2.80. The molecule has 4 heteroatoms. The van der Waals surface area contributed by atoms with Crippen molar-refractivity contribution in [2.24, 2.45) is 0 Å². The maximum atomic E-state index is 9.64. The summed E-state index contributed by atoms with van der Waals surface area (Å²) in [4.78, 5) is 5.31.